The molecule has 0 bridgehead atoms. The van der Waals surface area contributed by atoms with E-state index in [1.54, 1.807) is 6.07 Å². The Labute approximate surface area is 48.0 Å². The predicted molar refractivity (Wildman–Crippen MR) is 26.7 cm³/mol. The second-order valence-corrected chi connectivity index (χ2v) is 1.14. The van der Waals surface area contributed by atoms with E-state index in [9.17, 15) is 0 Å². The molecule has 0 unspecified atom stereocenters. The maximum absolute atomic E-state index is 8.21. The summed E-state index contributed by atoms with van der Waals surface area (Å²) in [4.78, 5) is 7.12. The van der Waals surface area contributed by atoms with Gasteiger partial charge < -0.3 is 0 Å². The summed E-state index contributed by atoms with van der Waals surface area (Å²) >= 11 is 0. The van der Waals surface area contributed by atoms with E-state index in [1.165, 1.54) is 12.4 Å². The number of aromatic nitrogens is 2. The predicted octanol–water partition coefficient (Wildman–Crippen LogP) is 0.348. The Bertz CT molecular complexity index is 235. The molecule has 3 nitrogen and oxygen atoms in total. The van der Waals surface area contributed by atoms with Crippen molar-refractivity contribution < 1.29 is 1.37 Å². The molecule has 0 radical (unpaired) electrons. The lowest BCUT2D eigenvalue weighted by atomic mass is 10.5. The van der Waals surface area contributed by atoms with Crippen LogP contribution in [0, 0.1) is 11.3 Å². The van der Waals surface area contributed by atoms with Crippen molar-refractivity contribution in [2.24, 2.45) is 0 Å². The van der Waals surface area contributed by atoms with E-state index in [0.717, 1.165) is 0 Å². The van der Waals surface area contributed by atoms with Crippen molar-refractivity contribution in [2.45, 2.75) is 0 Å². The van der Waals surface area contributed by atoms with E-state index in [1.807, 2.05) is 0 Å². The molecule has 1 heterocycles. The normalized spacial score (nSPS) is 9.62. The zero-order chi connectivity index (χ0) is 6.69. The zero-order valence-corrected chi connectivity index (χ0v) is 4.00. The summed E-state index contributed by atoms with van der Waals surface area (Å²) in [5, 5.41) is 8.21. The molecule has 0 amide bonds. The SMILES string of the molecule is [2H]c1cnc(C#N)cn1. The van der Waals surface area contributed by atoms with Crippen LogP contribution in [0.2, 0.25) is 0 Å². The average Bonchev–Trinajstić information content (AvgIpc) is 1.90. The van der Waals surface area contributed by atoms with Crippen LogP contribution in [0.25, 0.3) is 0 Å². The van der Waals surface area contributed by atoms with Crippen molar-refractivity contribution in [3.63, 3.8) is 0 Å². The lowest BCUT2D eigenvalue weighted by Crippen LogP contribution is -1.79. The Morgan fingerprint density at radius 3 is 3.25 bits per heavy atom. The Morgan fingerprint density at radius 1 is 1.88 bits per heavy atom. The third-order valence-corrected chi connectivity index (χ3v) is 0.637. The molecule has 0 aliphatic rings. The van der Waals surface area contributed by atoms with Gasteiger partial charge in [-0.1, -0.05) is 0 Å². The molecule has 0 aliphatic heterocycles. The van der Waals surface area contributed by atoms with Crippen LogP contribution in [-0.2, 0) is 0 Å². The molecule has 0 aliphatic carbocycles. The minimum Gasteiger partial charge on any atom is -0.260 e. The summed E-state index contributed by atoms with van der Waals surface area (Å²) in [5.41, 5.74) is 0.242. The molecule has 1 aromatic rings. The van der Waals surface area contributed by atoms with Crippen LogP contribution in [0.5, 0.6) is 0 Å². The van der Waals surface area contributed by atoms with E-state index in [0.29, 0.717) is 0 Å². The van der Waals surface area contributed by atoms with Gasteiger partial charge in [0.2, 0.25) is 0 Å². The standard InChI is InChI=1S/C5H3N3/c6-3-5-4-7-1-2-8-5/h1-2,4H/i1D. The zero-order valence-electron chi connectivity index (χ0n) is 5.00. The first-order chi connectivity index (χ1) is 4.33. The van der Waals surface area contributed by atoms with Gasteiger partial charge >= 0.3 is 0 Å². The van der Waals surface area contributed by atoms with Crippen LogP contribution in [0.4, 0.5) is 0 Å². The van der Waals surface area contributed by atoms with Crippen LogP contribution in [-0.4, -0.2) is 9.97 Å². The summed E-state index contributed by atoms with van der Waals surface area (Å²) in [6, 6.07) is 1.80. The number of rotatable bonds is 0. The van der Waals surface area contributed by atoms with E-state index >= 15 is 0 Å². The maximum atomic E-state index is 8.21. The summed E-state index contributed by atoms with van der Waals surface area (Å²) in [6.45, 7) is 0. The van der Waals surface area contributed by atoms with Gasteiger partial charge in [-0.3, -0.25) is 4.98 Å². The molecule has 0 saturated heterocycles. The third kappa shape index (κ3) is 0.793. The summed E-state index contributed by atoms with van der Waals surface area (Å²) in [5.74, 6) is 0. The van der Waals surface area contributed by atoms with Gasteiger partial charge in [-0.05, 0) is 0 Å². The van der Waals surface area contributed by atoms with Gasteiger partial charge in [0.1, 0.15) is 6.07 Å². The fourth-order valence-electron chi connectivity index (χ4n) is 0.321. The van der Waals surface area contributed by atoms with E-state index in [2.05, 4.69) is 9.97 Å². The second-order valence-electron chi connectivity index (χ2n) is 1.14. The van der Waals surface area contributed by atoms with Gasteiger partial charge in [-0.25, -0.2) is 4.98 Å². The van der Waals surface area contributed by atoms with Crippen molar-refractivity contribution in [2.75, 3.05) is 0 Å². The molecule has 0 atom stereocenters. The Balaban J connectivity index is 3.06. The minimum atomic E-state index is 0.0778. The quantitative estimate of drug-likeness (QED) is 0.479. The smallest absolute Gasteiger partial charge is 0.158 e. The largest absolute Gasteiger partial charge is 0.260 e. The molecular weight excluding hydrogens is 102 g/mol. The van der Waals surface area contributed by atoms with Crippen LogP contribution < -0.4 is 0 Å². The first-order valence-corrected chi connectivity index (χ1v) is 2.01. The Hall–Kier alpha value is -1.43. The molecule has 3 heteroatoms. The monoisotopic (exact) mass is 106 g/mol. The van der Waals surface area contributed by atoms with Crippen molar-refractivity contribution in [1.29, 1.82) is 5.26 Å². The first kappa shape index (κ1) is 3.56. The van der Waals surface area contributed by atoms with Crippen LogP contribution in [0.1, 0.15) is 7.06 Å². The van der Waals surface area contributed by atoms with Gasteiger partial charge in [0.05, 0.1) is 7.57 Å². The van der Waals surface area contributed by atoms with Gasteiger partial charge in [-0.2, -0.15) is 5.26 Å². The molecule has 38 valence electrons. The Kier molecular flexibility index (Phi) is 0.903. The van der Waals surface area contributed by atoms with Crippen molar-refractivity contribution in [3.8, 4) is 6.07 Å². The van der Waals surface area contributed by atoms with Crippen LogP contribution >= 0.6 is 0 Å². The van der Waals surface area contributed by atoms with Gasteiger partial charge in [0.15, 0.2) is 5.69 Å². The van der Waals surface area contributed by atoms with E-state index in [-0.39, 0.29) is 11.9 Å². The van der Waals surface area contributed by atoms with Crippen molar-refractivity contribution >= 4 is 0 Å². The second kappa shape index (κ2) is 2.03. The number of nitriles is 1. The molecular formula is C5H3N3. The lowest BCUT2D eigenvalue weighted by molar-refractivity contribution is 1.16. The molecule has 0 aromatic carbocycles. The van der Waals surface area contributed by atoms with Gasteiger partial charge in [0.25, 0.3) is 0 Å². The molecule has 0 fully saturated rings. The van der Waals surface area contributed by atoms with Crippen LogP contribution in [0.15, 0.2) is 18.6 Å². The molecule has 0 spiro atoms. The maximum Gasteiger partial charge on any atom is 0.158 e. The van der Waals surface area contributed by atoms with Crippen molar-refractivity contribution in [1.82, 2.24) is 9.97 Å². The number of nitrogens with zero attached hydrogens (tertiary/aromatic N) is 3. The van der Waals surface area contributed by atoms with Crippen molar-refractivity contribution in [3.05, 3.63) is 24.3 Å². The fourth-order valence-corrected chi connectivity index (χ4v) is 0.321. The molecule has 1 rings (SSSR count). The highest BCUT2D eigenvalue weighted by atomic mass is 14.8. The topological polar surface area (TPSA) is 49.6 Å². The number of hydrogen-bond donors (Lipinski definition) is 0. The highest BCUT2D eigenvalue weighted by Gasteiger charge is 1.82. The van der Waals surface area contributed by atoms with E-state index in [4.69, 9.17) is 6.63 Å². The minimum absolute atomic E-state index is 0.0778. The van der Waals surface area contributed by atoms with E-state index < -0.39 is 0 Å². The molecule has 0 N–H and O–H groups in total. The van der Waals surface area contributed by atoms with Gasteiger partial charge in [0, 0.05) is 12.4 Å². The molecule has 1 aromatic heterocycles. The average molecular weight is 106 g/mol. The Morgan fingerprint density at radius 2 is 2.75 bits per heavy atom. The highest BCUT2D eigenvalue weighted by Crippen LogP contribution is 1.82. The lowest BCUT2D eigenvalue weighted by Gasteiger charge is -1.79. The van der Waals surface area contributed by atoms with Crippen LogP contribution in [0.3, 0.4) is 0 Å². The first-order valence-electron chi connectivity index (χ1n) is 2.51. The third-order valence-electron chi connectivity index (χ3n) is 0.637. The number of hydrogen-bond acceptors (Lipinski definition) is 3. The summed E-state index contributed by atoms with van der Waals surface area (Å²) in [7, 11) is 0. The fraction of sp³-hybridized carbons (Fsp3) is 0. The molecule has 0 saturated carbocycles. The summed E-state index contributed by atoms with van der Waals surface area (Å²) < 4.78 is 6.88. The van der Waals surface area contributed by atoms with Gasteiger partial charge in [-0.15, -0.1) is 0 Å². The molecule has 8 heavy (non-hydrogen) atoms. The highest BCUT2D eigenvalue weighted by molar-refractivity contribution is 5.13. The summed E-state index contributed by atoms with van der Waals surface area (Å²) in [6.07, 6.45) is 2.58.